The number of aliphatic hydroxyl groups is 4. The molecule has 2 fully saturated rings. The van der Waals surface area contributed by atoms with Gasteiger partial charge in [-0.1, -0.05) is 20.8 Å². The molecule has 13 atom stereocenters. The molecule has 2 aliphatic heterocycles. The molecule has 0 unspecified atom stereocenters. The topological polar surface area (TPSA) is 172 Å². The van der Waals surface area contributed by atoms with Crippen LogP contribution in [0.2, 0.25) is 0 Å². The van der Waals surface area contributed by atoms with Gasteiger partial charge in [0, 0.05) is 25.0 Å². The van der Waals surface area contributed by atoms with Gasteiger partial charge in [0.25, 0.3) is 0 Å². The molecule has 0 radical (unpaired) electrons. The lowest BCUT2D eigenvalue weighted by atomic mass is 9.72. The molecule has 4 N–H and O–H groups in total. The molecule has 0 aromatic heterocycles. The first-order valence-electron chi connectivity index (χ1n) is 14.8. The molecular weight excluding hydrogens is 550 g/mol. The van der Waals surface area contributed by atoms with Gasteiger partial charge in [-0.05, 0) is 68.0 Å². The maximum Gasteiger partial charge on any atom is 0.316 e. The number of carbonyl (C=O) groups is 3. The lowest BCUT2D eigenvalue weighted by Crippen LogP contribution is -2.64. The smallest absolute Gasteiger partial charge is 0.316 e. The average Bonchev–Trinajstić information content (AvgIpc) is 2.92. The van der Waals surface area contributed by atoms with E-state index >= 15 is 0 Å². The fraction of sp³-hybridized carbons (Fsp3) is 0.900. The Bertz CT molecular complexity index is 969. The Labute approximate surface area is 249 Å². The molecule has 0 aliphatic carbocycles. The highest BCUT2D eigenvalue weighted by atomic mass is 16.7. The van der Waals surface area contributed by atoms with Crippen LogP contribution in [-0.4, -0.2) is 124 Å². The van der Waals surface area contributed by atoms with Crippen molar-refractivity contribution in [2.45, 2.75) is 134 Å². The molecule has 0 amide bonds. The number of Topliss-reactive ketones (excluding diaryl/α,β-unsaturated/α-hetero) is 2. The van der Waals surface area contributed by atoms with E-state index in [9.17, 15) is 34.8 Å². The van der Waals surface area contributed by atoms with Gasteiger partial charge in [0.2, 0.25) is 0 Å². The lowest BCUT2D eigenvalue weighted by Gasteiger charge is -2.47. The third kappa shape index (κ3) is 7.23. The molecule has 244 valence electrons. The first-order chi connectivity index (χ1) is 19.2. The molecule has 2 saturated heterocycles. The van der Waals surface area contributed by atoms with E-state index in [-0.39, 0.29) is 25.0 Å². The number of carbonyl (C=O) groups excluding carboxylic acids is 3. The van der Waals surface area contributed by atoms with Crippen LogP contribution in [0.4, 0.5) is 0 Å². The predicted molar refractivity (Wildman–Crippen MR) is 152 cm³/mol. The zero-order valence-electron chi connectivity index (χ0n) is 27.0. The Kier molecular flexibility index (Phi) is 11.9. The Hall–Kier alpha value is -1.51. The van der Waals surface area contributed by atoms with Crippen molar-refractivity contribution in [3.8, 4) is 0 Å². The summed E-state index contributed by atoms with van der Waals surface area (Å²) in [5, 5.41) is 44.8. The van der Waals surface area contributed by atoms with Crippen molar-refractivity contribution in [3.05, 3.63) is 0 Å². The number of hydrogen-bond donors (Lipinski definition) is 4. The molecule has 42 heavy (non-hydrogen) atoms. The van der Waals surface area contributed by atoms with Crippen LogP contribution in [0.5, 0.6) is 0 Å². The predicted octanol–water partition coefficient (Wildman–Crippen LogP) is 0.838. The Morgan fingerprint density at radius 2 is 1.60 bits per heavy atom. The SMILES string of the molecule is CC[C@H]1OC(=O)[C@H](C)C(=O)[C@H](C)[C@@H](O[C@@H]2O[C@H](C)C[C@H](N(C)C)[C@H]2O)[C@@](C)(OC)C[C@@H](C)C(=O)[C@](C)(O)[C@H](O)[C@]1(C)O. The zero-order chi connectivity index (χ0) is 32.5. The maximum atomic E-state index is 13.8. The Morgan fingerprint density at radius 1 is 1.02 bits per heavy atom. The molecule has 2 rings (SSSR count). The van der Waals surface area contributed by atoms with Crippen molar-refractivity contribution in [1.29, 1.82) is 0 Å². The Morgan fingerprint density at radius 3 is 2.10 bits per heavy atom. The second-order valence-electron chi connectivity index (χ2n) is 13.1. The minimum Gasteiger partial charge on any atom is -0.459 e. The Balaban J connectivity index is 2.66. The van der Waals surface area contributed by atoms with Crippen molar-refractivity contribution in [2.75, 3.05) is 21.2 Å². The monoisotopic (exact) mass is 603 g/mol. The van der Waals surface area contributed by atoms with Gasteiger partial charge in [-0.2, -0.15) is 0 Å². The number of hydrogen-bond acceptors (Lipinski definition) is 12. The summed E-state index contributed by atoms with van der Waals surface area (Å²) in [4.78, 5) is 42.5. The van der Waals surface area contributed by atoms with Gasteiger partial charge >= 0.3 is 5.97 Å². The van der Waals surface area contributed by atoms with Gasteiger partial charge in [0.1, 0.15) is 35.4 Å². The van der Waals surface area contributed by atoms with Crippen molar-refractivity contribution >= 4 is 17.5 Å². The summed E-state index contributed by atoms with van der Waals surface area (Å²) >= 11 is 0. The third-order valence-electron chi connectivity index (χ3n) is 9.33. The van der Waals surface area contributed by atoms with E-state index in [1.54, 1.807) is 27.7 Å². The fourth-order valence-corrected chi connectivity index (χ4v) is 6.50. The minimum absolute atomic E-state index is 0.0295. The third-order valence-corrected chi connectivity index (χ3v) is 9.33. The quantitative estimate of drug-likeness (QED) is 0.258. The van der Waals surface area contributed by atoms with E-state index in [0.29, 0.717) is 6.42 Å². The number of methoxy groups -OCH3 is 1. The van der Waals surface area contributed by atoms with Gasteiger partial charge < -0.3 is 44.3 Å². The molecule has 2 heterocycles. The average molecular weight is 604 g/mol. The van der Waals surface area contributed by atoms with E-state index < -0.39 is 82.8 Å². The number of ketones is 2. The molecular formula is C30H53NO11. The summed E-state index contributed by atoms with van der Waals surface area (Å²) in [6, 6.07) is -0.304. The van der Waals surface area contributed by atoms with Crippen LogP contribution in [0.1, 0.15) is 74.7 Å². The van der Waals surface area contributed by atoms with Crippen LogP contribution < -0.4 is 0 Å². The zero-order valence-corrected chi connectivity index (χ0v) is 27.0. The fourth-order valence-electron chi connectivity index (χ4n) is 6.50. The van der Waals surface area contributed by atoms with E-state index in [4.69, 9.17) is 18.9 Å². The van der Waals surface area contributed by atoms with Crippen LogP contribution in [0.3, 0.4) is 0 Å². The summed E-state index contributed by atoms with van der Waals surface area (Å²) in [6.07, 6.45) is -6.54. The summed E-state index contributed by atoms with van der Waals surface area (Å²) in [5.41, 5.74) is -6.06. The minimum atomic E-state index is -2.44. The summed E-state index contributed by atoms with van der Waals surface area (Å²) < 4.78 is 23.8. The number of ether oxygens (including phenoxy) is 4. The van der Waals surface area contributed by atoms with Crippen LogP contribution in [0.25, 0.3) is 0 Å². The van der Waals surface area contributed by atoms with Crippen LogP contribution in [-0.2, 0) is 33.3 Å². The maximum absolute atomic E-state index is 13.8. The lowest BCUT2D eigenvalue weighted by molar-refractivity contribution is -0.295. The summed E-state index contributed by atoms with van der Waals surface area (Å²) in [7, 11) is 5.05. The van der Waals surface area contributed by atoms with Gasteiger partial charge in [-0.25, -0.2) is 0 Å². The molecule has 12 nitrogen and oxygen atoms in total. The number of aliphatic hydroxyl groups excluding tert-OH is 2. The van der Waals surface area contributed by atoms with E-state index in [1.165, 1.54) is 21.0 Å². The highest BCUT2D eigenvalue weighted by molar-refractivity contribution is 6.00. The number of esters is 1. The normalized spacial score (nSPS) is 46.8. The van der Waals surface area contributed by atoms with Crippen molar-refractivity contribution < 1.29 is 53.8 Å². The van der Waals surface area contributed by atoms with Crippen molar-refractivity contribution in [1.82, 2.24) is 4.90 Å². The van der Waals surface area contributed by atoms with Crippen LogP contribution in [0.15, 0.2) is 0 Å². The number of likely N-dealkylation sites (N-methyl/N-ethyl adjacent to an activating group) is 1. The standard InChI is InChI=1S/C30H53NO11/c1-12-20-29(7,37)27(36)30(8,38)23(34)15(2)14-28(6,39-11)24(17(4)21(32)18(5)25(35)41-20)42-26-22(33)19(31(9)10)13-16(3)40-26/h15-20,22,24,26-27,33,36-38H,12-14H2,1-11H3/t15-,16-,17+,18-,19+,20-,22-,24-,26+,27-,28+,29-,30+/m1/s1. The van der Waals surface area contributed by atoms with E-state index in [0.717, 1.165) is 6.92 Å². The number of nitrogens with zero attached hydrogens (tertiary/aromatic N) is 1. The van der Waals surface area contributed by atoms with Gasteiger partial charge in [0.05, 0.1) is 17.8 Å². The van der Waals surface area contributed by atoms with Crippen LogP contribution >= 0.6 is 0 Å². The second kappa shape index (κ2) is 13.6. The molecule has 2 aliphatic rings. The molecule has 0 aromatic rings. The summed E-state index contributed by atoms with van der Waals surface area (Å²) in [5.74, 6) is -5.57. The van der Waals surface area contributed by atoms with Gasteiger partial charge in [-0.15, -0.1) is 0 Å². The first-order valence-corrected chi connectivity index (χ1v) is 14.8. The summed E-state index contributed by atoms with van der Waals surface area (Å²) in [6.45, 7) is 11.9. The first kappa shape index (κ1) is 36.7. The number of rotatable bonds is 5. The molecule has 0 saturated carbocycles. The van der Waals surface area contributed by atoms with Gasteiger partial charge in [0.15, 0.2) is 17.9 Å². The molecule has 0 bridgehead atoms. The van der Waals surface area contributed by atoms with Gasteiger partial charge in [-0.3, -0.25) is 14.4 Å². The highest BCUT2D eigenvalue weighted by Crippen LogP contribution is 2.39. The molecule has 12 heteroatoms. The van der Waals surface area contributed by atoms with Crippen molar-refractivity contribution in [3.63, 3.8) is 0 Å². The van der Waals surface area contributed by atoms with Crippen LogP contribution in [0, 0.1) is 17.8 Å². The number of cyclic esters (lactones) is 1. The highest BCUT2D eigenvalue weighted by Gasteiger charge is 2.56. The van der Waals surface area contributed by atoms with E-state index in [2.05, 4.69) is 0 Å². The molecule has 0 spiro atoms. The van der Waals surface area contributed by atoms with E-state index in [1.807, 2.05) is 25.9 Å². The molecule has 0 aromatic carbocycles. The largest absolute Gasteiger partial charge is 0.459 e. The second-order valence-corrected chi connectivity index (χ2v) is 13.1. The van der Waals surface area contributed by atoms with Crippen molar-refractivity contribution in [2.24, 2.45) is 17.8 Å².